The molecule has 17 heavy (non-hydrogen) atoms. The van der Waals surface area contributed by atoms with Gasteiger partial charge in [-0.25, -0.2) is 14.8 Å². The van der Waals surface area contributed by atoms with Crippen molar-refractivity contribution in [1.29, 1.82) is 0 Å². The number of ether oxygens (including phenoxy) is 2. The first kappa shape index (κ1) is 13.2. The van der Waals surface area contributed by atoms with E-state index in [4.69, 9.17) is 15.2 Å². The third-order valence-corrected chi connectivity index (χ3v) is 1.63. The number of nitrogens with zero attached hydrogens (tertiary/aromatic N) is 2. The summed E-state index contributed by atoms with van der Waals surface area (Å²) < 4.78 is 10.4. The number of esters is 1. The molecule has 0 saturated carbocycles. The molecule has 1 aromatic heterocycles. The van der Waals surface area contributed by atoms with Crippen molar-refractivity contribution in [2.45, 2.75) is 33.3 Å². The van der Waals surface area contributed by atoms with E-state index in [1.165, 1.54) is 6.20 Å². The van der Waals surface area contributed by atoms with E-state index in [0.29, 0.717) is 0 Å². The zero-order valence-corrected chi connectivity index (χ0v) is 10.5. The van der Waals surface area contributed by atoms with Crippen LogP contribution in [0.3, 0.4) is 0 Å². The van der Waals surface area contributed by atoms with Crippen LogP contribution in [0.15, 0.2) is 6.20 Å². The molecule has 0 aliphatic heterocycles. The van der Waals surface area contributed by atoms with Crippen molar-refractivity contribution in [3.05, 3.63) is 11.9 Å². The van der Waals surface area contributed by atoms with Crippen molar-refractivity contribution in [2.24, 2.45) is 0 Å². The highest BCUT2D eigenvalue weighted by Crippen LogP contribution is 2.20. The van der Waals surface area contributed by atoms with E-state index in [1.807, 2.05) is 20.8 Å². The van der Waals surface area contributed by atoms with Gasteiger partial charge < -0.3 is 15.2 Å². The van der Waals surface area contributed by atoms with Gasteiger partial charge in [0.05, 0.1) is 12.8 Å². The van der Waals surface area contributed by atoms with E-state index in [0.717, 1.165) is 0 Å². The standard InChI is InChI=1S/C11H17N3O3/c1-5-16-10(15)8-9(17-11(2,3)4)13-6-7(12)14-8/h6H,5H2,1-4H3,(H2,12,14). The van der Waals surface area contributed by atoms with Crippen molar-refractivity contribution in [3.63, 3.8) is 0 Å². The normalized spacial score (nSPS) is 11.1. The molecule has 0 aliphatic rings. The second-order valence-corrected chi connectivity index (χ2v) is 4.38. The molecule has 0 atom stereocenters. The molecule has 0 fully saturated rings. The van der Waals surface area contributed by atoms with Gasteiger partial charge in [0.2, 0.25) is 11.6 Å². The minimum Gasteiger partial charge on any atom is -0.470 e. The fourth-order valence-corrected chi connectivity index (χ4v) is 1.09. The molecule has 0 amide bonds. The monoisotopic (exact) mass is 239 g/mol. The van der Waals surface area contributed by atoms with Gasteiger partial charge in [-0.15, -0.1) is 0 Å². The largest absolute Gasteiger partial charge is 0.470 e. The van der Waals surface area contributed by atoms with E-state index in [1.54, 1.807) is 6.92 Å². The first-order chi connectivity index (χ1) is 7.83. The Labute approximate surface area is 100 Å². The van der Waals surface area contributed by atoms with Gasteiger partial charge in [0.1, 0.15) is 11.4 Å². The summed E-state index contributed by atoms with van der Waals surface area (Å²) in [6.45, 7) is 7.51. The third-order valence-electron chi connectivity index (χ3n) is 1.63. The molecule has 1 heterocycles. The van der Waals surface area contributed by atoms with Gasteiger partial charge in [0.25, 0.3) is 0 Å². The predicted molar refractivity (Wildman–Crippen MR) is 62.8 cm³/mol. The third kappa shape index (κ3) is 3.90. The molecular formula is C11H17N3O3. The molecule has 0 aromatic carbocycles. The predicted octanol–water partition coefficient (Wildman–Crippen LogP) is 1.41. The Morgan fingerprint density at radius 2 is 2.12 bits per heavy atom. The average molecular weight is 239 g/mol. The molecule has 0 bridgehead atoms. The van der Waals surface area contributed by atoms with Crippen LogP contribution in [-0.2, 0) is 4.74 Å². The number of hydrogen-bond acceptors (Lipinski definition) is 6. The van der Waals surface area contributed by atoms with Crippen LogP contribution in [-0.4, -0.2) is 28.1 Å². The first-order valence-corrected chi connectivity index (χ1v) is 5.32. The Balaban J connectivity index is 3.08. The van der Waals surface area contributed by atoms with Gasteiger partial charge in [-0.1, -0.05) is 0 Å². The quantitative estimate of drug-likeness (QED) is 0.802. The van der Waals surface area contributed by atoms with Crippen molar-refractivity contribution >= 4 is 11.8 Å². The Hall–Kier alpha value is -1.85. The van der Waals surface area contributed by atoms with Gasteiger partial charge in [-0.05, 0) is 27.7 Å². The molecule has 0 radical (unpaired) electrons. The van der Waals surface area contributed by atoms with Crippen LogP contribution in [0.4, 0.5) is 5.82 Å². The maximum atomic E-state index is 11.6. The number of hydrogen-bond donors (Lipinski definition) is 1. The van der Waals surface area contributed by atoms with Crippen LogP contribution in [0.5, 0.6) is 5.88 Å². The van der Waals surface area contributed by atoms with E-state index >= 15 is 0 Å². The van der Waals surface area contributed by atoms with Gasteiger partial charge in [-0.2, -0.15) is 0 Å². The summed E-state index contributed by atoms with van der Waals surface area (Å²) in [5.41, 5.74) is 5.01. The highest BCUT2D eigenvalue weighted by molar-refractivity contribution is 5.90. The fourth-order valence-electron chi connectivity index (χ4n) is 1.09. The summed E-state index contributed by atoms with van der Waals surface area (Å²) in [7, 11) is 0. The molecule has 1 rings (SSSR count). The second-order valence-electron chi connectivity index (χ2n) is 4.38. The summed E-state index contributed by atoms with van der Waals surface area (Å²) in [6, 6.07) is 0. The van der Waals surface area contributed by atoms with Crippen molar-refractivity contribution < 1.29 is 14.3 Å². The maximum Gasteiger partial charge on any atom is 0.362 e. The fraction of sp³-hybridized carbons (Fsp3) is 0.545. The minimum atomic E-state index is -0.591. The lowest BCUT2D eigenvalue weighted by atomic mass is 10.2. The van der Waals surface area contributed by atoms with Crippen molar-refractivity contribution in [1.82, 2.24) is 9.97 Å². The Morgan fingerprint density at radius 1 is 1.47 bits per heavy atom. The lowest BCUT2D eigenvalue weighted by Gasteiger charge is -2.21. The van der Waals surface area contributed by atoms with E-state index in [9.17, 15) is 4.79 Å². The van der Waals surface area contributed by atoms with Gasteiger partial charge in [-0.3, -0.25) is 0 Å². The zero-order valence-electron chi connectivity index (χ0n) is 10.5. The van der Waals surface area contributed by atoms with E-state index in [2.05, 4.69) is 9.97 Å². The Bertz CT molecular complexity index is 413. The number of nitrogen functional groups attached to an aromatic ring is 1. The maximum absolute atomic E-state index is 11.6. The molecule has 1 aromatic rings. The summed E-state index contributed by atoms with van der Waals surface area (Å²) in [5, 5.41) is 0. The molecule has 0 saturated heterocycles. The van der Waals surface area contributed by atoms with Crippen LogP contribution in [0.2, 0.25) is 0 Å². The molecule has 0 aliphatic carbocycles. The molecular weight excluding hydrogens is 222 g/mol. The van der Waals surface area contributed by atoms with E-state index in [-0.39, 0.29) is 24.0 Å². The number of aromatic nitrogens is 2. The van der Waals surface area contributed by atoms with Crippen molar-refractivity contribution in [3.8, 4) is 5.88 Å². The molecule has 6 heteroatoms. The summed E-state index contributed by atoms with van der Waals surface area (Å²) in [6.07, 6.45) is 1.34. The molecule has 0 spiro atoms. The molecule has 94 valence electrons. The van der Waals surface area contributed by atoms with Crippen LogP contribution in [0, 0.1) is 0 Å². The summed E-state index contributed by atoms with van der Waals surface area (Å²) in [4.78, 5) is 19.5. The molecule has 0 unspecified atom stereocenters. The lowest BCUT2D eigenvalue weighted by molar-refractivity contribution is 0.0501. The topological polar surface area (TPSA) is 87.3 Å². The van der Waals surface area contributed by atoms with Crippen LogP contribution < -0.4 is 10.5 Å². The molecule has 6 nitrogen and oxygen atoms in total. The van der Waals surface area contributed by atoms with Crippen LogP contribution in [0.1, 0.15) is 38.2 Å². The SMILES string of the molecule is CCOC(=O)c1nc(N)cnc1OC(C)(C)C. The lowest BCUT2D eigenvalue weighted by Crippen LogP contribution is -2.25. The smallest absolute Gasteiger partial charge is 0.362 e. The number of carbonyl (C=O) groups is 1. The number of nitrogens with two attached hydrogens (primary N) is 1. The second kappa shape index (κ2) is 4.99. The Morgan fingerprint density at radius 3 is 2.65 bits per heavy atom. The van der Waals surface area contributed by atoms with E-state index < -0.39 is 11.6 Å². The van der Waals surface area contributed by atoms with Gasteiger partial charge in [0, 0.05) is 0 Å². The minimum absolute atomic E-state index is 0.00164. The average Bonchev–Trinajstić information content (AvgIpc) is 2.19. The van der Waals surface area contributed by atoms with Crippen LogP contribution >= 0.6 is 0 Å². The zero-order chi connectivity index (χ0) is 13.1. The van der Waals surface area contributed by atoms with Crippen molar-refractivity contribution in [2.75, 3.05) is 12.3 Å². The van der Waals surface area contributed by atoms with Gasteiger partial charge in [0.15, 0.2) is 0 Å². The summed E-state index contributed by atoms with van der Waals surface area (Å²) in [5.74, 6) is -0.314. The number of carbonyl (C=O) groups excluding carboxylic acids is 1. The van der Waals surface area contributed by atoms with Gasteiger partial charge >= 0.3 is 5.97 Å². The number of anilines is 1. The van der Waals surface area contributed by atoms with Crippen LogP contribution in [0.25, 0.3) is 0 Å². The molecule has 2 N–H and O–H groups in total. The highest BCUT2D eigenvalue weighted by Gasteiger charge is 2.22. The number of rotatable bonds is 3. The first-order valence-electron chi connectivity index (χ1n) is 5.32. The highest BCUT2D eigenvalue weighted by atomic mass is 16.5. The Kier molecular flexibility index (Phi) is 3.88. The summed E-state index contributed by atoms with van der Waals surface area (Å²) >= 11 is 0.